The van der Waals surface area contributed by atoms with Crippen LogP contribution in [0.5, 0.6) is 0 Å². The van der Waals surface area contributed by atoms with Crippen molar-refractivity contribution in [2.24, 2.45) is 0 Å². The summed E-state index contributed by atoms with van der Waals surface area (Å²) in [4.78, 5) is 2.45. The molecule has 1 aromatic heterocycles. The lowest BCUT2D eigenvalue weighted by Gasteiger charge is -2.34. The van der Waals surface area contributed by atoms with Gasteiger partial charge in [0.2, 0.25) is 0 Å². The van der Waals surface area contributed by atoms with E-state index in [1.807, 2.05) is 11.3 Å². The van der Waals surface area contributed by atoms with Gasteiger partial charge in [0.1, 0.15) is 0 Å². The molecule has 2 aliphatic rings. The Morgan fingerprint density at radius 3 is 1.58 bits per heavy atom. The number of nitrogens with zero attached hydrogens (tertiary/aromatic N) is 1. The van der Waals surface area contributed by atoms with Crippen molar-refractivity contribution in [3.05, 3.63) is 246 Å². The second-order valence-electron chi connectivity index (χ2n) is 16.8. The fourth-order valence-electron chi connectivity index (χ4n) is 10.6. The van der Waals surface area contributed by atoms with Crippen LogP contribution >= 0.6 is 11.3 Å². The molecule has 0 unspecified atom stereocenters. The lowest BCUT2D eigenvalue weighted by molar-refractivity contribution is 0.660. The van der Waals surface area contributed by atoms with Gasteiger partial charge < -0.3 is 4.90 Å². The molecule has 0 amide bonds. The summed E-state index contributed by atoms with van der Waals surface area (Å²) >= 11 is 1.92. The van der Waals surface area contributed by atoms with E-state index in [0.29, 0.717) is 0 Å². The van der Waals surface area contributed by atoms with Crippen LogP contribution in [-0.4, -0.2) is 0 Å². The van der Waals surface area contributed by atoms with Crippen molar-refractivity contribution in [2.75, 3.05) is 4.90 Å². The second-order valence-corrected chi connectivity index (χ2v) is 17.9. The Bertz CT molecular complexity index is 3240. The van der Waals surface area contributed by atoms with E-state index in [2.05, 4.69) is 231 Å². The van der Waals surface area contributed by atoms with Crippen molar-refractivity contribution in [1.29, 1.82) is 0 Å². The number of anilines is 3. The van der Waals surface area contributed by atoms with E-state index < -0.39 is 5.41 Å². The number of hydrogen-bond donors (Lipinski definition) is 0. The van der Waals surface area contributed by atoms with E-state index in [1.54, 1.807) is 0 Å². The number of rotatable bonds is 6. The van der Waals surface area contributed by atoms with E-state index in [-0.39, 0.29) is 5.41 Å². The van der Waals surface area contributed by atoms with Gasteiger partial charge in [0, 0.05) is 42.6 Å². The third kappa shape index (κ3) is 4.98. The van der Waals surface area contributed by atoms with Crippen LogP contribution in [0.2, 0.25) is 0 Å². The molecule has 1 nitrogen and oxygen atoms in total. The summed E-state index contributed by atoms with van der Waals surface area (Å²) in [6.45, 7) is 4.73. The highest BCUT2D eigenvalue weighted by Gasteiger charge is 2.47. The first-order chi connectivity index (χ1) is 29.5. The van der Waals surface area contributed by atoms with Gasteiger partial charge in [0.15, 0.2) is 0 Å². The van der Waals surface area contributed by atoms with E-state index in [9.17, 15) is 0 Å². The van der Waals surface area contributed by atoms with Crippen molar-refractivity contribution in [2.45, 2.75) is 24.7 Å². The maximum absolute atomic E-state index is 2.45. The quantitative estimate of drug-likeness (QED) is 0.162. The zero-order chi connectivity index (χ0) is 40.0. The smallest absolute Gasteiger partial charge is 0.0727 e. The molecule has 0 spiro atoms. The Morgan fingerprint density at radius 1 is 0.367 bits per heavy atom. The Kier molecular flexibility index (Phi) is 7.73. The molecule has 2 heteroatoms. The van der Waals surface area contributed by atoms with Crippen LogP contribution in [0.3, 0.4) is 0 Å². The van der Waals surface area contributed by atoms with Crippen LogP contribution in [-0.2, 0) is 10.8 Å². The maximum atomic E-state index is 2.45. The number of hydrogen-bond acceptors (Lipinski definition) is 2. The van der Waals surface area contributed by atoms with Crippen LogP contribution in [0, 0.1) is 0 Å². The van der Waals surface area contributed by atoms with E-state index in [4.69, 9.17) is 0 Å². The van der Waals surface area contributed by atoms with Crippen LogP contribution in [0.25, 0.3) is 53.6 Å². The molecule has 0 atom stereocenters. The van der Waals surface area contributed by atoms with Gasteiger partial charge in [0.25, 0.3) is 0 Å². The number of thiophene rings is 1. The minimum Gasteiger partial charge on any atom is -0.310 e. The van der Waals surface area contributed by atoms with Crippen molar-refractivity contribution in [3.63, 3.8) is 0 Å². The zero-order valence-corrected chi connectivity index (χ0v) is 34.4. The zero-order valence-electron chi connectivity index (χ0n) is 33.6. The molecule has 10 aromatic rings. The molecule has 12 rings (SSSR count). The second kappa shape index (κ2) is 13.3. The van der Waals surface area contributed by atoms with E-state index in [1.165, 1.54) is 86.9 Å². The lowest BCUT2D eigenvalue weighted by atomic mass is 9.67. The first-order valence-electron chi connectivity index (χ1n) is 20.9. The fourth-order valence-corrected chi connectivity index (χ4v) is 11.9. The maximum Gasteiger partial charge on any atom is 0.0727 e. The normalized spacial score (nSPS) is 14.1. The largest absolute Gasteiger partial charge is 0.310 e. The third-order valence-corrected chi connectivity index (χ3v) is 14.6. The molecule has 0 bridgehead atoms. The van der Waals surface area contributed by atoms with Crippen molar-refractivity contribution < 1.29 is 0 Å². The summed E-state index contributed by atoms with van der Waals surface area (Å²) in [5.74, 6) is 0. The molecule has 1 heterocycles. The van der Waals surface area contributed by atoms with Crippen LogP contribution < -0.4 is 4.90 Å². The van der Waals surface area contributed by atoms with Crippen molar-refractivity contribution >= 4 is 48.6 Å². The standard InChI is InChI=1S/C58H41NS/c1-57(2)50-24-12-9-20-44(50)47-34-32-42(36-54(47)57)59(41-30-28-39(29-31-41)38-16-5-3-6-17-38)43-33-35-48-49-23-15-27-53(56(49)60-55(48)37-43)58(40-18-7-4-8-19-40)51-25-13-10-21-45(51)46-22-11-14-26-52(46)58/h3-37H,1-2H3. The number of benzene rings is 9. The van der Waals surface area contributed by atoms with Crippen LogP contribution in [0.15, 0.2) is 212 Å². The molecule has 9 aromatic carbocycles. The van der Waals surface area contributed by atoms with E-state index >= 15 is 0 Å². The van der Waals surface area contributed by atoms with Gasteiger partial charge in [-0.05, 0) is 103 Å². The summed E-state index contributed by atoms with van der Waals surface area (Å²) in [7, 11) is 0. The average molecular weight is 784 g/mol. The summed E-state index contributed by atoms with van der Waals surface area (Å²) in [5.41, 5.74) is 18.6. The van der Waals surface area contributed by atoms with Gasteiger partial charge in [-0.2, -0.15) is 0 Å². The van der Waals surface area contributed by atoms with Crippen molar-refractivity contribution in [3.8, 4) is 33.4 Å². The molecule has 0 saturated heterocycles. The highest BCUT2D eigenvalue weighted by Crippen LogP contribution is 2.58. The molecule has 0 radical (unpaired) electrons. The van der Waals surface area contributed by atoms with Gasteiger partial charge in [-0.15, -0.1) is 11.3 Å². The molecule has 284 valence electrons. The summed E-state index contributed by atoms with van der Waals surface area (Å²) in [6, 6.07) is 79.1. The fraction of sp³-hybridized carbons (Fsp3) is 0.0690. The third-order valence-electron chi connectivity index (χ3n) is 13.4. The molecule has 0 aliphatic heterocycles. The SMILES string of the molecule is CC1(C)c2ccccc2-c2ccc(N(c3ccc(-c4ccccc4)cc3)c3ccc4c(c3)sc3c(C5(c6ccccc6)c6ccccc6-c6ccccc65)cccc34)cc21. The molecule has 0 fully saturated rings. The van der Waals surface area contributed by atoms with Gasteiger partial charge in [-0.1, -0.05) is 190 Å². The van der Waals surface area contributed by atoms with Gasteiger partial charge in [0.05, 0.1) is 5.41 Å². The van der Waals surface area contributed by atoms with Gasteiger partial charge >= 0.3 is 0 Å². The minimum absolute atomic E-state index is 0.108. The van der Waals surface area contributed by atoms with Gasteiger partial charge in [-0.25, -0.2) is 0 Å². The van der Waals surface area contributed by atoms with Gasteiger partial charge in [-0.3, -0.25) is 0 Å². The minimum atomic E-state index is -0.459. The average Bonchev–Trinajstić information content (AvgIpc) is 3.91. The highest BCUT2D eigenvalue weighted by molar-refractivity contribution is 7.26. The first-order valence-corrected chi connectivity index (χ1v) is 21.7. The van der Waals surface area contributed by atoms with Crippen LogP contribution in [0.1, 0.15) is 47.2 Å². The summed E-state index contributed by atoms with van der Waals surface area (Å²) < 4.78 is 2.60. The van der Waals surface area contributed by atoms with Crippen LogP contribution in [0.4, 0.5) is 17.1 Å². The molecule has 0 N–H and O–H groups in total. The predicted molar refractivity (Wildman–Crippen MR) is 254 cm³/mol. The topological polar surface area (TPSA) is 3.24 Å². The Labute approximate surface area is 355 Å². The molecule has 60 heavy (non-hydrogen) atoms. The number of fused-ring (bicyclic) bond motifs is 9. The summed E-state index contributed by atoms with van der Waals surface area (Å²) in [6.07, 6.45) is 0. The van der Waals surface area contributed by atoms with E-state index in [0.717, 1.165) is 17.1 Å². The highest BCUT2D eigenvalue weighted by atomic mass is 32.1. The Balaban J connectivity index is 1.06. The van der Waals surface area contributed by atoms with Crippen molar-refractivity contribution in [1.82, 2.24) is 0 Å². The molecular formula is C58H41NS. The molecular weight excluding hydrogens is 743 g/mol. The monoisotopic (exact) mass is 783 g/mol. The predicted octanol–water partition coefficient (Wildman–Crippen LogP) is 15.9. The lowest BCUT2D eigenvalue weighted by Crippen LogP contribution is -2.28. The molecule has 0 saturated carbocycles. The Hall–Kier alpha value is -7.00. The molecule has 2 aliphatic carbocycles. The first kappa shape index (κ1) is 35.0. The summed E-state index contributed by atoms with van der Waals surface area (Å²) in [5, 5.41) is 2.58. The Morgan fingerprint density at radius 2 is 0.883 bits per heavy atom.